The lowest BCUT2D eigenvalue weighted by atomic mass is 10.4. The van der Waals surface area contributed by atoms with E-state index in [9.17, 15) is 14.4 Å². The number of rotatable bonds is 2. The number of aliphatic hydroxyl groups excluding tert-OH is 1. The Morgan fingerprint density at radius 3 is 1.69 bits per heavy atom. The summed E-state index contributed by atoms with van der Waals surface area (Å²) in [5, 5.41) is 17.6. The predicted molar refractivity (Wildman–Crippen MR) is 57.7 cm³/mol. The second-order valence-electron chi connectivity index (χ2n) is 2.93. The first kappa shape index (κ1) is 17.0. The normalized spacial score (nSPS) is 12.9. The summed E-state index contributed by atoms with van der Waals surface area (Å²) in [6.45, 7) is 3.77. The van der Waals surface area contributed by atoms with Crippen LogP contribution >= 0.6 is 0 Å². The molecular formula is C10H19NO5. The highest BCUT2D eigenvalue weighted by Crippen LogP contribution is 1.95. The monoisotopic (exact) mass is 233 g/mol. The number of carboxylic acid groups (broad SMARTS) is 1. The standard InChI is InChI=1S/C4H5NO2.C4H8O2.C2H6O/c6-3-1-2-4(7)5-3;1-2-3-4(5)6;1-2-3/h1-2H2,(H,5,6,7);2-3H2,1H3,(H,5,6);3H,2H2,1H3. The highest BCUT2D eigenvalue weighted by atomic mass is 16.4. The summed E-state index contributed by atoms with van der Waals surface area (Å²) in [5.74, 6) is -1.01. The minimum absolute atomic E-state index is 0.148. The Balaban J connectivity index is 0. The molecule has 0 spiro atoms. The minimum atomic E-state index is -0.711. The van der Waals surface area contributed by atoms with E-state index in [1.807, 2.05) is 6.92 Å². The smallest absolute Gasteiger partial charge is 0.303 e. The molecule has 0 saturated carbocycles. The van der Waals surface area contributed by atoms with E-state index in [-0.39, 0.29) is 18.4 Å². The third kappa shape index (κ3) is 15.1. The molecule has 3 N–H and O–H groups in total. The van der Waals surface area contributed by atoms with Crippen molar-refractivity contribution in [3.05, 3.63) is 0 Å². The maximum atomic E-state index is 10.1. The number of amides is 2. The molecule has 0 aromatic heterocycles. The highest BCUT2D eigenvalue weighted by Gasteiger charge is 2.15. The number of carbonyl (C=O) groups is 3. The van der Waals surface area contributed by atoms with E-state index in [4.69, 9.17) is 10.2 Å². The Hall–Kier alpha value is -1.43. The van der Waals surface area contributed by atoms with Crippen LogP contribution in [0.4, 0.5) is 0 Å². The minimum Gasteiger partial charge on any atom is -0.481 e. The van der Waals surface area contributed by atoms with Gasteiger partial charge in [-0.05, 0) is 13.3 Å². The molecule has 94 valence electrons. The van der Waals surface area contributed by atoms with Gasteiger partial charge in [-0.15, -0.1) is 0 Å². The van der Waals surface area contributed by atoms with Crippen LogP contribution in [0.2, 0.25) is 0 Å². The summed E-state index contributed by atoms with van der Waals surface area (Å²) in [7, 11) is 0. The maximum absolute atomic E-state index is 10.1. The quantitative estimate of drug-likeness (QED) is 0.595. The number of carbonyl (C=O) groups excluding carboxylic acids is 2. The molecule has 0 aromatic carbocycles. The zero-order chi connectivity index (χ0) is 13.0. The first-order chi connectivity index (χ1) is 7.47. The van der Waals surface area contributed by atoms with Gasteiger partial charge in [0.25, 0.3) is 0 Å². The number of carboxylic acids is 1. The Bertz CT molecular complexity index is 213. The number of nitrogens with one attached hydrogen (secondary N) is 1. The molecule has 0 aromatic rings. The second kappa shape index (κ2) is 11.6. The number of hydrogen-bond acceptors (Lipinski definition) is 4. The average Bonchev–Trinajstić information content (AvgIpc) is 2.52. The first-order valence-corrected chi connectivity index (χ1v) is 5.13. The van der Waals surface area contributed by atoms with Crippen molar-refractivity contribution >= 4 is 17.8 Å². The summed E-state index contributed by atoms with van der Waals surface area (Å²) in [5.41, 5.74) is 0. The Labute approximate surface area is 94.7 Å². The lowest BCUT2D eigenvalue weighted by Gasteiger charge is -1.79. The maximum Gasteiger partial charge on any atom is 0.303 e. The van der Waals surface area contributed by atoms with Crippen molar-refractivity contribution in [3.8, 4) is 0 Å². The van der Waals surface area contributed by atoms with Gasteiger partial charge in [-0.1, -0.05) is 6.92 Å². The lowest BCUT2D eigenvalue weighted by Crippen LogP contribution is -2.18. The fraction of sp³-hybridized carbons (Fsp3) is 0.700. The molecule has 1 aliphatic heterocycles. The van der Waals surface area contributed by atoms with Crippen molar-refractivity contribution in [2.75, 3.05) is 6.61 Å². The molecule has 1 saturated heterocycles. The van der Waals surface area contributed by atoms with Crippen molar-refractivity contribution in [1.82, 2.24) is 5.32 Å². The van der Waals surface area contributed by atoms with Gasteiger partial charge in [-0.3, -0.25) is 19.7 Å². The van der Waals surface area contributed by atoms with Crippen molar-refractivity contribution in [2.45, 2.75) is 39.5 Å². The zero-order valence-corrected chi connectivity index (χ0v) is 9.65. The first-order valence-electron chi connectivity index (χ1n) is 5.13. The Morgan fingerprint density at radius 2 is 1.62 bits per heavy atom. The Morgan fingerprint density at radius 1 is 1.25 bits per heavy atom. The summed E-state index contributed by atoms with van der Waals surface area (Å²) in [6, 6.07) is 0. The molecule has 1 fully saturated rings. The topological polar surface area (TPSA) is 104 Å². The molecule has 1 heterocycles. The molecule has 6 heteroatoms. The van der Waals surface area contributed by atoms with E-state index >= 15 is 0 Å². The van der Waals surface area contributed by atoms with E-state index in [1.165, 1.54) is 0 Å². The summed E-state index contributed by atoms with van der Waals surface area (Å²) in [4.78, 5) is 29.8. The van der Waals surface area contributed by atoms with Crippen LogP contribution in [-0.2, 0) is 14.4 Å². The number of aliphatic hydroxyl groups is 1. The number of imide groups is 1. The second-order valence-corrected chi connectivity index (χ2v) is 2.93. The summed E-state index contributed by atoms with van der Waals surface area (Å²) >= 11 is 0. The average molecular weight is 233 g/mol. The van der Waals surface area contributed by atoms with E-state index in [2.05, 4.69) is 5.32 Å². The van der Waals surface area contributed by atoms with Gasteiger partial charge in [0.2, 0.25) is 11.8 Å². The molecule has 0 aliphatic carbocycles. The van der Waals surface area contributed by atoms with E-state index in [0.717, 1.165) is 6.42 Å². The molecular weight excluding hydrogens is 214 g/mol. The van der Waals surface area contributed by atoms with Gasteiger partial charge in [-0.25, -0.2) is 0 Å². The van der Waals surface area contributed by atoms with Crippen LogP contribution in [0.25, 0.3) is 0 Å². The van der Waals surface area contributed by atoms with Gasteiger partial charge >= 0.3 is 5.97 Å². The van der Waals surface area contributed by atoms with Crippen LogP contribution in [0.3, 0.4) is 0 Å². The van der Waals surface area contributed by atoms with Crippen LogP contribution in [-0.4, -0.2) is 34.6 Å². The summed E-state index contributed by atoms with van der Waals surface area (Å²) < 4.78 is 0. The molecule has 0 radical (unpaired) electrons. The van der Waals surface area contributed by atoms with Crippen molar-refractivity contribution in [1.29, 1.82) is 0 Å². The zero-order valence-electron chi connectivity index (χ0n) is 9.65. The third-order valence-corrected chi connectivity index (χ3v) is 1.32. The largest absolute Gasteiger partial charge is 0.481 e. The molecule has 1 aliphatic rings. The fourth-order valence-electron chi connectivity index (χ4n) is 0.721. The van der Waals surface area contributed by atoms with Crippen molar-refractivity contribution in [3.63, 3.8) is 0 Å². The lowest BCUT2D eigenvalue weighted by molar-refractivity contribution is -0.137. The Kier molecular flexibility index (Phi) is 12.4. The van der Waals surface area contributed by atoms with Crippen LogP contribution in [0.1, 0.15) is 39.5 Å². The van der Waals surface area contributed by atoms with Crippen molar-refractivity contribution in [2.24, 2.45) is 0 Å². The van der Waals surface area contributed by atoms with Gasteiger partial charge in [-0.2, -0.15) is 0 Å². The van der Waals surface area contributed by atoms with E-state index in [1.54, 1.807) is 6.92 Å². The van der Waals surface area contributed by atoms with E-state index < -0.39 is 5.97 Å². The van der Waals surface area contributed by atoms with Crippen LogP contribution in [0.15, 0.2) is 0 Å². The molecule has 16 heavy (non-hydrogen) atoms. The molecule has 6 nitrogen and oxygen atoms in total. The van der Waals surface area contributed by atoms with Gasteiger partial charge in [0, 0.05) is 25.9 Å². The van der Waals surface area contributed by atoms with Crippen LogP contribution in [0.5, 0.6) is 0 Å². The third-order valence-electron chi connectivity index (χ3n) is 1.32. The molecule has 0 unspecified atom stereocenters. The van der Waals surface area contributed by atoms with Crippen LogP contribution < -0.4 is 5.32 Å². The molecule has 0 bridgehead atoms. The number of hydrogen-bond donors (Lipinski definition) is 3. The molecule has 2 amide bonds. The van der Waals surface area contributed by atoms with E-state index in [0.29, 0.717) is 19.3 Å². The van der Waals surface area contributed by atoms with Gasteiger partial charge in [0.05, 0.1) is 0 Å². The van der Waals surface area contributed by atoms with Gasteiger partial charge in [0.1, 0.15) is 0 Å². The molecule has 1 rings (SSSR count). The van der Waals surface area contributed by atoms with Gasteiger partial charge in [0.15, 0.2) is 0 Å². The number of aliphatic carboxylic acids is 1. The fourth-order valence-corrected chi connectivity index (χ4v) is 0.721. The van der Waals surface area contributed by atoms with Crippen molar-refractivity contribution < 1.29 is 24.6 Å². The SMILES string of the molecule is CCCC(=O)O.CCO.O=C1CCC(=O)N1. The highest BCUT2D eigenvalue weighted by molar-refractivity contribution is 6.01. The summed E-state index contributed by atoms with van der Waals surface area (Å²) in [6.07, 6.45) is 1.77. The predicted octanol–water partition coefficient (Wildman–Crippen LogP) is 0.293. The molecule has 0 atom stereocenters. The van der Waals surface area contributed by atoms with Crippen LogP contribution in [0, 0.1) is 0 Å². The van der Waals surface area contributed by atoms with Gasteiger partial charge < -0.3 is 10.2 Å².